The van der Waals surface area contributed by atoms with Crippen molar-refractivity contribution in [2.75, 3.05) is 68.5 Å². The molecule has 1 unspecified atom stereocenters. The molecule has 3 fully saturated rings. The van der Waals surface area contributed by atoms with Crippen LogP contribution < -0.4 is 20.4 Å². The van der Waals surface area contributed by atoms with Crippen molar-refractivity contribution in [2.45, 2.75) is 32.3 Å². The number of ether oxygens (including phenoxy) is 3. The first-order chi connectivity index (χ1) is 31.1. The molecule has 3 aliphatic rings. The number of carbonyl (C=O) groups is 5. The molecule has 0 spiro atoms. The van der Waals surface area contributed by atoms with Crippen LogP contribution in [0.5, 0.6) is 0 Å². The average molecular weight is 911 g/mol. The lowest BCUT2D eigenvalue weighted by Crippen LogP contribution is -2.50. The highest BCUT2D eigenvalue weighted by Gasteiger charge is 2.42. The minimum absolute atomic E-state index is 0.0145. The van der Waals surface area contributed by atoms with Gasteiger partial charge in [0.15, 0.2) is 0 Å². The summed E-state index contributed by atoms with van der Waals surface area (Å²) in [6.07, 6.45) is -1.77. The van der Waals surface area contributed by atoms with E-state index < -0.39 is 40.5 Å². The Bertz CT molecular complexity index is 2470. The molecule has 7 rings (SSSR count). The van der Waals surface area contributed by atoms with Gasteiger partial charge in [0.05, 0.1) is 26.0 Å². The van der Waals surface area contributed by atoms with E-state index >= 15 is 0 Å². The van der Waals surface area contributed by atoms with E-state index in [1.54, 1.807) is 122 Å². The number of cyclic esters (lactones) is 2. The van der Waals surface area contributed by atoms with Crippen LogP contribution in [0.2, 0.25) is 0 Å². The fraction of sp³-hybridized carbons (Fsp3) is 0.311. The third-order valence-electron chi connectivity index (χ3n) is 10.4. The third-order valence-corrected chi connectivity index (χ3v) is 10.9. The summed E-state index contributed by atoms with van der Waals surface area (Å²) in [5, 5.41) is 21.4. The van der Waals surface area contributed by atoms with E-state index in [-0.39, 0.29) is 29.7 Å². The first kappa shape index (κ1) is 47.5. The molecule has 65 heavy (non-hydrogen) atoms. The van der Waals surface area contributed by atoms with E-state index in [1.807, 2.05) is 6.07 Å². The molecule has 20 heteroatoms. The van der Waals surface area contributed by atoms with Crippen molar-refractivity contribution in [2.24, 2.45) is 0 Å². The van der Waals surface area contributed by atoms with Gasteiger partial charge in [-0.1, -0.05) is 36.4 Å². The van der Waals surface area contributed by atoms with Gasteiger partial charge in [-0.15, -0.1) is 0 Å². The lowest BCUT2D eigenvalue weighted by Gasteiger charge is -2.34. The van der Waals surface area contributed by atoms with Gasteiger partial charge < -0.3 is 24.8 Å². The van der Waals surface area contributed by atoms with Gasteiger partial charge in [0.25, 0.3) is 21.9 Å². The maximum atomic E-state index is 12.5. The monoisotopic (exact) mass is 910 g/mol. The number of amides is 4. The third kappa shape index (κ3) is 13.0. The van der Waals surface area contributed by atoms with E-state index in [9.17, 15) is 32.4 Å². The van der Waals surface area contributed by atoms with Crippen LogP contribution in [0.15, 0.2) is 109 Å². The molecule has 3 aliphatic heterocycles. The van der Waals surface area contributed by atoms with E-state index in [1.165, 1.54) is 4.90 Å². The fourth-order valence-electron chi connectivity index (χ4n) is 7.08. The number of esters is 1. The standard InChI is InChI=1S/C26H31N5O5.C19H19N3O6S/c1-2-35-23(32)18-30-14-12-29(13-15-30)16-22-17-31(26(34)36-22)21-10-8-19(9-11-21)24(27)28-25(33)20-6-4-3-5-7-20;1-12-18(28-29(2,25)26)27-19(24)22(12)15-10-8-13(9-11-15)16(20)21-17(23)14-6-4-3-5-7-14/h3-11,22H,2,12-18H2,1H3,(H2,27,28,33);3-12,18H,1-2H3,(H2,20,21,23)/t22-;12?,18-/m11/s1. The van der Waals surface area contributed by atoms with Crippen molar-refractivity contribution < 1.29 is 50.8 Å². The van der Waals surface area contributed by atoms with Crippen LogP contribution in [0, 0.1) is 10.8 Å². The normalized spacial score (nSPS) is 18.7. The molecule has 4 amide bonds. The number of piperazine rings is 1. The zero-order chi connectivity index (χ0) is 46.7. The lowest BCUT2D eigenvalue weighted by molar-refractivity contribution is -0.144. The molecule has 4 aromatic carbocycles. The number of benzene rings is 4. The second kappa shape index (κ2) is 21.6. The van der Waals surface area contributed by atoms with Crippen molar-refractivity contribution >= 4 is 63.1 Å². The van der Waals surface area contributed by atoms with Crippen LogP contribution in [-0.2, 0) is 33.3 Å². The zero-order valence-electron chi connectivity index (χ0n) is 36.0. The summed E-state index contributed by atoms with van der Waals surface area (Å²) in [6.45, 7) is 8.25. The van der Waals surface area contributed by atoms with Crippen LogP contribution >= 0.6 is 0 Å². The van der Waals surface area contributed by atoms with Gasteiger partial charge in [0, 0.05) is 66.4 Å². The summed E-state index contributed by atoms with van der Waals surface area (Å²) in [6, 6.07) is 29.7. The van der Waals surface area contributed by atoms with Gasteiger partial charge in [-0.25, -0.2) is 13.8 Å². The van der Waals surface area contributed by atoms with Crippen molar-refractivity contribution in [1.82, 2.24) is 20.4 Å². The number of nitrogens with zero attached hydrogens (tertiary/aromatic N) is 4. The van der Waals surface area contributed by atoms with Crippen molar-refractivity contribution in [3.05, 3.63) is 131 Å². The second-order valence-electron chi connectivity index (χ2n) is 15.1. The minimum atomic E-state index is -3.79. The second-order valence-corrected chi connectivity index (χ2v) is 16.7. The molecule has 3 heterocycles. The molecule has 4 aromatic rings. The highest BCUT2D eigenvalue weighted by molar-refractivity contribution is 7.86. The number of carbonyl (C=O) groups excluding carboxylic acids is 5. The van der Waals surface area contributed by atoms with Crippen LogP contribution in [0.25, 0.3) is 0 Å². The van der Waals surface area contributed by atoms with Crippen LogP contribution in [0.1, 0.15) is 45.7 Å². The van der Waals surface area contributed by atoms with Gasteiger partial charge in [0.2, 0.25) is 6.29 Å². The van der Waals surface area contributed by atoms with Gasteiger partial charge in [0.1, 0.15) is 23.8 Å². The summed E-state index contributed by atoms with van der Waals surface area (Å²) in [5.74, 6) is -1.07. The van der Waals surface area contributed by atoms with E-state index in [0.717, 1.165) is 32.4 Å². The molecule has 0 bridgehead atoms. The number of rotatable bonds is 13. The molecular formula is C45H50N8O11S. The topological polar surface area (TPSA) is 241 Å². The zero-order valence-corrected chi connectivity index (χ0v) is 36.8. The maximum Gasteiger partial charge on any atom is 0.417 e. The number of amidine groups is 2. The van der Waals surface area contributed by atoms with Gasteiger partial charge in [-0.3, -0.25) is 44.8 Å². The Kier molecular flexibility index (Phi) is 15.8. The summed E-state index contributed by atoms with van der Waals surface area (Å²) in [4.78, 5) is 67.9. The molecule has 0 saturated carbocycles. The van der Waals surface area contributed by atoms with Gasteiger partial charge >= 0.3 is 18.2 Å². The minimum Gasteiger partial charge on any atom is -0.465 e. The largest absolute Gasteiger partial charge is 0.465 e. The fourth-order valence-corrected chi connectivity index (χ4v) is 7.63. The molecule has 0 aromatic heterocycles. The Morgan fingerprint density at radius 1 is 0.692 bits per heavy atom. The lowest BCUT2D eigenvalue weighted by atomic mass is 10.1. The van der Waals surface area contributed by atoms with Gasteiger partial charge in [-0.2, -0.15) is 8.42 Å². The van der Waals surface area contributed by atoms with E-state index in [2.05, 4.69) is 20.4 Å². The summed E-state index contributed by atoms with van der Waals surface area (Å²) in [7, 11) is -3.79. The van der Waals surface area contributed by atoms with E-state index in [0.29, 0.717) is 59.9 Å². The molecule has 3 saturated heterocycles. The van der Waals surface area contributed by atoms with Crippen molar-refractivity contribution in [3.63, 3.8) is 0 Å². The maximum absolute atomic E-state index is 12.5. The van der Waals surface area contributed by atoms with E-state index in [4.69, 9.17) is 29.2 Å². The summed E-state index contributed by atoms with van der Waals surface area (Å²) in [5.41, 5.74) is 2.99. The van der Waals surface area contributed by atoms with Crippen LogP contribution in [-0.4, -0.2) is 137 Å². The smallest absolute Gasteiger partial charge is 0.417 e. The predicted octanol–water partition coefficient (Wildman–Crippen LogP) is 4.04. The SMILES string of the molecule is CC1[C@@H](OS(C)(=O)=O)OC(=O)N1c1ccc(C(=N)NC(=O)c2ccccc2)cc1.CCOC(=O)CN1CCN(C[C@@H]2CN(c3ccc(C(=N)NC(=O)c4ccccc4)cc3)C(=O)O2)CC1. The van der Waals surface area contributed by atoms with Crippen LogP contribution in [0.4, 0.5) is 21.0 Å². The molecule has 3 atom stereocenters. The number of anilines is 2. The molecular weight excluding hydrogens is 861 g/mol. The highest BCUT2D eigenvalue weighted by atomic mass is 32.2. The Hall–Kier alpha value is -7.00. The quantitative estimate of drug-likeness (QED) is 0.0488. The Balaban J connectivity index is 0.000000221. The Morgan fingerprint density at radius 3 is 1.68 bits per heavy atom. The molecule has 0 aliphatic carbocycles. The van der Waals surface area contributed by atoms with Gasteiger partial charge in [-0.05, 0) is 86.6 Å². The number of nitrogens with one attached hydrogen (secondary N) is 4. The van der Waals surface area contributed by atoms with Crippen molar-refractivity contribution in [3.8, 4) is 0 Å². The van der Waals surface area contributed by atoms with Crippen molar-refractivity contribution in [1.29, 1.82) is 10.8 Å². The Labute approximate surface area is 376 Å². The molecule has 342 valence electrons. The average Bonchev–Trinajstić information content (AvgIpc) is 3.79. The summed E-state index contributed by atoms with van der Waals surface area (Å²) < 4.78 is 43.0. The van der Waals surface area contributed by atoms with Crippen LogP contribution in [0.3, 0.4) is 0 Å². The highest BCUT2D eigenvalue weighted by Crippen LogP contribution is 2.29. The number of hydrogen-bond acceptors (Lipinski definition) is 15. The first-order valence-electron chi connectivity index (χ1n) is 20.7. The first-order valence-corrected chi connectivity index (χ1v) is 22.5. The summed E-state index contributed by atoms with van der Waals surface area (Å²) >= 11 is 0. The predicted molar refractivity (Wildman–Crippen MR) is 240 cm³/mol. The Morgan fingerprint density at radius 2 is 1.18 bits per heavy atom. The molecule has 19 nitrogen and oxygen atoms in total. The molecule has 4 N–H and O–H groups in total. The molecule has 0 radical (unpaired) electrons. The number of hydrogen-bond donors (Lipinski definition) is 4.